The number of hydrogen-bond acceptors (Lipinski definition) is 5. The lowest BCUT2D eigenvalue weighted by molar-refractivity contribution is -0.121. The summed E-state index contributed by atoms with van der Waals surface area (Å²) in [6.45, 7) is 2.26. The number of carbonyl (C=O) groups is 1. The molecule has 2 aromatic rings. The maximum Gasteiger partial charge on any atom is 0.260 e. The van der Waals surface area contributed by atoms with Crippen LogP contribution in [0.2, 0.25) is 0 Å². The van der Waals surface area contributed by atoms with Gasteiger partial charge in [0, 0.05) is 12.3 Å². The molecule has 1 aromatic carbocycles. The average Bonchev–Trinajstić information content (AvgIpc) is 2.57. The van der Waals surface area contributed by atoms with E-state index >= 15 is 0 Å². The molecule has 0 bridgehead atoms. The maximum absolute atomic E-state index is 11.9. The predicted octanol–water partition coefficient (Wildman–Crippen LogP) is 2.17. The Balaban J connectivity index is 2.05. The molecule has 2 rings (SSSR count). The highest BCUT2D eigenvalue weighted by atomic mass is 79.9. The third-order valence-corrected chi connectivity index (χ3v) is 3.74. The highest BCUT2D eigenvalue weighted by Gasteiger charge is 2.10. The van der Waals surface area contributed by atoms with Gasteiger partial charge in [0.2, 0.25) is 0 Å². The monoisotopic (exact) mass is 407 g/mol. The molecule has 0 unspecified atom stereocenters. The van der Waals surface area contributed by atoms with Crippen LogP contribution in [-0.2, 0) is 11.3 Å². The Hall–Kier alpha value is -2.61. The first-order valence-corrected chi connectivity index (χ1v) is 8.32. The lowest BCUT2D eigenvalue weighted by Crippen LogP contribution is -2.28. The van der Waals surface area contributed by atoms with Gasteiger partial charge in [0.15, 0.2) is 11.5 Å². The third kappa shape index (κ3) is 5.18. The van der Waals surface area contributed by atoms with Crippen molar-refractivity contribution < 1.29 is 14.3 Å². The molecule has 0 saturated carbocycles. The van der Waals surface area contributed by atoms with Crippen LogP contribution in [0.1, 0.15) is 12.5 Å². The molecule has 7 nitrogen and oxygen atoms in total. The first-order chi connectivity index (χ1) is 12.0. The van der Waals surface area contributed by atoms with Crippen LogP contribution in [0.25, 0.3) is 0 Å². The molecule has 0 aliphatic rings. The number of pyridine rings is 1. The van der Waals surface area contributed by atoms with E-state index in [1.807, 2.05) is 6.92 Å². The highest BCUT2D eigenvalue weighted by molar-refractivity contribution is 9.10. The number of aromatic nitrogens is 1. The van der Waals surface area contributed by atoms with E-state index in [-0.39, 0.29) is 12.1 Å². The van der Waals surface area contributed by atoms with Crippen LogP contribution in [0.3, 0.4) is 0 Å². The number of hydrogen-bond donors (Lipinski definition) is 1. The summed E-state index contributed by atoms with van der Waals surface area (Å²) in [6.07, 6.45) is 3.03. The highest BCUT2D eigenvalue weighted by Crippen LogP contribution is 2.36. The van der Waals surface area contributed by atoms with Crippen LogP contribution in [0, 0.1) is 0 Å². The molecule has 0 fully saturated rings. The minimum atomic E-state index is -0.401. The van der Waals surface area contributed by atoms with Crippen LogP contribution >= 0.6 is 15.9 Å². The number of nitrogens with zero attached hydrogens (tertiary/aromatic N) is 2. The molecule has 25 heavy (non-hydrogen) atoms. The lowest BCUT2D eigenvalue weighted by atomic mass is 10.2. The molecule has 0 atom stereocenters. The number of carbonyl (C=O) groups excluding carboxylic acids is 1. The summed E-state index contributed by atoms with van der Waals surface area (Å²) in [5.74, 6) is 0.761. The average molecular weight is 408 g/mol. The van der Waals surface area contributed by atoms with Crippen molar-refractivity contribution in [3.05, 3.63) is 56.9 Å². The van der Waals surface area contributed by atoms with Gasteiger partial charge in [0.1, 0.15) is 6.54 Å². The quantitative estimate of drug-likeness (QED) is 0.563. The Morgan fingerprint density at radius 3 is 2.88 bits per heavy atom. The fourth-order valence-corrected chi connectivity index (χ4v) is 2.71. The van der Waals surface area contributed by atoms with Gasteiger partial charge in [-0.2, -0.15) is 5.10 Å². The number of benzene rings is 1. The molecule has 0 spiro atoms. The molecule has 8 heteroatoms. The second kappa shape index (κ2) is 9.03. The van der Waals surface area contributed by atoms with Crippen molar-refractivity contribution in [3.63, 3.8) is 0 Å². The summed E-state index contributed by atoms with van der Waals surface area (Å²) >= 11 is 3.41. The zero-order valence-corrected chi connectivity index (χ0v) is 15.4. The molecule has 0 radical (unpaired) electrons. The number of hydrazone groups is 1. The van der Waals surface area contributed by atoms with Crippen molar-refractivity contribution >= 4 is 28.1 Å². The lowest BCUT2D eigenvalue weighted by Gasteiger charge is -2.11. The number of halogens is 1. The molecule has 132 valence electrons. The van der Waals surface area contributed by atoms with Crippen molar-refractivity contribution in [1.29, 1.82) is 0 Å². The Labute approximate surface area is 153 Å². The summed E-state index contributed by atoms with van der Waals surface area (Å²) in [5.41, 5.74) is 2.86. The fraction of sp³-hybridized carbons (Fsp3) is 0.235. The van der Waals surface area contributed by atoms with Crippen LogP contribution in [0.5, 0.6) is 11.5 Å². The van der Waals surface area contributed by atoms with E-state index in [9.17, 15) is 9.59 Å². The maximum atomic E-state index is 11.9. The van der Waals surface area contributed by atoms with E-state index in [4.69, 9.17) is 9.47 Å². The summed E-state index contributed by atoms with van der Waals surface area (Å²) < 4.78 is 12.8. The second-order valence-electron chi connectivity index (χ2n) is 4.93. The Kier molecular flexibility index (Phi) is 6.76. The van der Waals surface area contributed by atoms with E-state index in [1.54, 1.807) is 37.6 Å². The molecule has 0 saturated heterocycles. The van der Waals surface area contributed by atoms with Crippen LogP contribution in [0.15, 0.2) is 50.9 Å². The zero-order chi connectivity index (χ0) is 18.2. The number of amides is 1. The molecular formula is C17H18BrN3O4. The number of methoxy groups -OCH3 is 1. The third-order valence-electron chi connectivity index (χ3n) is 3.15. The first-order valence-electron chi connectivity index (χ1n) is 7.52. The summed E-state index contributed by atoms with van der Waals surface area (Å²) in [7, 11) is 1.56. The van der Waals surface area contributed by atoms with Crippen molar-refractivity contribution in [2.24, 2.45) is 5.10 Å². The van der Waals surface area contributed by atoms with Gasteiger partial charge in [-0.15, -0.1) is 0 Å². The van der Waals surface area contributed by atoms with Gasteiger partial charge in [-0.05, 0) is 46.6 Å². The van der Waals surface area contributed by atoms with Crippen molar-refractivity contribution in [3.8, 4) is 11.5 Å². The van der Waals surface area contributed by atoms with Gasteiger partial charge >= 0.3 is 0 Å². The van der Waals surface area contributed by atoms with Crippen molar-refractivity contribution in [1.82, 2.24) is 9.99 Å². The Bertz CT molecular complexity index is 833. The molecule has 0 aliphatic carbocycles. The molecule has 0 aliphatic heterocycles. The Morgan fingerprint density at radius 2 is 2.20 bits per heavy atom. The summed E-state index contributed by atoms with van der Waals surface area (Å²) in [5, 5.41) is 3.91. The van der Waals surface area contributed by atoms with Gasteiger partial charge in [0.25, 0.3) is 11.5 Å². The van der Waals surface area contributed by atoms with Gasteiger partial charge in [0.05, 0.1) is 24.4 Å². The van der Waals surface area contributed by atoms with Crippen LogP contribution in [0.4, 0.5) is 0 Å². The van der Waals surface area contributed by atoms with Gasteiger partial charge in [-0.25, -0.2) is 5.43 Å². The molecular weight excluding hydrogens is 390 g/mol. The SMILES string of the molecule is CCOc1cc(/C=N\NC(=O)Cn2ccccc2=O)cc(Br)c1OC. The molecule has 1 N–H and O–H groups in total. The molecule has 1 aromatic heterocycles. The van der Waals surface area contributed by atoms with Crippen LogP contribution in [-0.4, -0.2) is 30.4 Å². The van der Waals surface area contributed by atoms with E-state index in [0.29, 0.717) is 28.1 Å². The standard InChI is InChI=1S/C17H18BrN3O4/c1-3-25-14-9-12(8-13(18)17(14)24-2)10-19-20-15(22)11-21-7-5-4-6-16(21)23/h4-10H,3,11H2,1-2H3,(H,20,22)/b19-10-. The van der Waals surface area contributed by atoms with E-state index in [2.05, 4.69) is 26.5 Å². The summed E-state index contributed by atoms with van der Waals surface area (Å²) in [6, 6.07) is 8.23. The van der Waals surface area contributed by atoms with Crippen molar-refractivity contribution in [2.45, 2.75) is 13.5 Å². The normalized spacial score (nSPS) is 10.7. The minimum Gasteiger partial charge on any atom is -0.492 e. The van der Waals surface area contributed by atoms with E-state index in [1.165, 1.54) is 16.8 Å². The second-order valence-corrected chi connectivity index (χ2v) is 5.78. The zero-order valence-electron chi connectivity index (χ0n) is 13.9. The smallest absolute Gasteiger partial charge is 0.260 e. The Morgan fingerprint density at radius 1 is 1.40 bits per heavy atom. The molecule has 1 amide bonds. The van der Waals surface area contributed by atoms with Gasteiger partial charge < -0.3 is 14.0 Å². The van der Waals surface area contributed by atoms with Crippen LogP contribution < -0.4 is 20.5 Å². The molecule has 1 heterocycles. The number of rotatable bonds is 7. The van der Waals surface area contributed by atoms with Gasteiger partial charge in [-0.1, -0.05) is 6.07 Å². The number of nitrogens with one attached hydrogen (secondary N) is 1. The predicted molar refractivity (Wildman–Crippen MR) is 98.3 cm³/mol. The number of ether oxygens (including phenoxy) is 2. The van der Waals surface area contributed by atoms with Gasteiger partial charge in [-0.3, -0.25) is 9.59 Å². The first kappa shape index (κ1) is 18.7. The largest absolute Gasteiger partial charge is 0.492 e. The van der Waals surface area contributed by atoms with Crippen molar-refractivity contribution in [2.75, 3.05) is 13.7 Å². The topological polar surface area (TPSA) is 81.9 Å². The van der Waals surface area contributed by atoms with E-state index < -0.39 is 5.91 Å². The summed E-state index contributed by atoms with van der Waals surface area (Å²) in [4.78, 5) is 23.4. The fourth-order valence-electron chi connectivity index (χ4n) is 2.08. The minimum absolute atomic E-state index is 0.104. The van der Waals surface area contributed by atoms with E-state index in [0.717, 1.165) is 0 Å².